The van der Waals surface area contributed by atoms with Gasteiger partial charge in [0.2, 0.25) is 5.91 Å². The smallest absolute Gasteiger partial charge is 0.254 e. The maximum absolute atomic E-state index is 12.7. The van der Waals surface area contributed by atoms with Crippen molar-refractivity contribution in [3.05, 3.63) is 29.8 Å². The molecule has 2 heterocycles. The van der Waals surface area contributed by atoms with E-state index in [-0.39, 0.29) is 16.8 Å². The number of aliphatic hydroxyl groups excluding tert-OH is 1. The van der Waals surface area contributed by atoms with Crippen molar-refractivity contribution in [2.75, 3.05) is 12.3 Å². The molecular weight excluding hydrogens is 332 g/mol. The molecule has 8 heteroatoms. The van der Waals surface area contributed by atoms with E-state index in [9.17, 15) is 23.1 Å². The molecule has 0 aromatic heterocycles. The SMILES string of the molecule is NC(=O)CS(=O)(=O)c1ccc(C(=O)N2CC3CCC2C(O)C3)cc1. The van der Waals surface area contributed by atoms with Crippen LogP contribution in [-0.2, 0) is 14.6 Å². The van der Waals surface area contributed by atoms with Crippen LogP contribution in [0.25, 0.3) is 0 Å². The van der Waals surface area contributed by atoms with Gasteiger partial charge in [-0.3, -0.25) is 9.59 Å². The monoisotopic (exact) mass is 352 g/mol. The first-order valence-electron chi connectivity index (χ1n) is 7.88. The van der Waals surface area contributed by atoms with Crippen LogP contribution in [0.4, 0.5) is 0 Å². The van der Waals surface area contributed by atoms with Crippen molar-refractivity contribution in [3.63, 3.8) is 0 Å². The molecule has 3 atom stereocenters. The molecule has 2 amide bonds. The van der Waals surface area contributed by atoms with Crippen molar-refractivity contribution in [3.8, 4) is 0 Å². The number of hydrogen-bond donors (Lipinski definition) is 2. The summed E-state index contributed by atoms with van der Waals surface area (Å²) in [4.78, 5) is 25.1. The Balaban J connectivity index is 1.79. The van der Waals surface area contributed by atoms with Gasteiger partial charge in [-0.05, 0) is 49.4 Å². The number of nitrogens with two attached hydrogens (primary N) is 1. The van der Waals surface area contributed by atoms with Crippen LogP contribution in [0.2, 0.25) is 0 Å². The summed E-state index contributed by atoms with van der Waals surface area (Å²) in [6.07, 6.45) is 2.06. The first-order valence-corrected chi connectivity index (χ1v) is 9.53. The number of benzene rings is 1. The number of nitrogens with zero attached hydrogens (tertiary/aromatic N) is 1. The van der Waals surface area contributed by atoms with Crippen molar-refractivity contribution in [2.45, 2.75) is 36.3 Å². The van der Waals surface area contributed by atoms with Gasteiger partial charge in [-0.1, -0.05) is 0 Å². The van der Waals surface area contributed by atoms with Crippen molar-refractivity contribution < 1.29 is 23.1 Å². The van der Waals surface area contributed by atoms with Crippen molar-refractivity contribution in [2.24, 2.45) is 11.7 Å². The summed E-state index contributed by atoms with van der Waals surface area (Å²) >= 11 is 0. The van der Waals surface area contributed by atoms with Crippen LogP contribution in [0.15, 0.2) is 29.2 Å². The number of fused-ring (bicyclic) bond motifs is 3. The predicted molar refractivity (Wildman–Crippen MR) is 85.9 cm³/mol. The van der Waals surface area contributed by atoms with E-state index < -0.39 is 27.6 Å². The van der Waals surface area contributed by atoms with E-state index in [0.29, 0.717) is 18.0 Å². The van der Waals surface area contributed by atoms with Gasteiger partial charge in [-0.15, -0.1) is 0 Å². The lowest BCUT2D eigenvalue weighted by atomic mass is 9.78. The quantitative estimate of drug-likeness (QED) is 0.786. The fourth-order valence-electron chi connectivity index (χ4n) is 3.63. The van der Waals surface area contributed by atoms with Gasteiger partial charge in [-0.2, -0.15) is 0 Å². The summed E-state index contributed by atoms with van der Waals surface area (Å²) in [6.45, 7) is 0.627. The molecule has 0 radical (unpaired) electrons. The fraction of sp³-hybridized carbons (Fsp3) is 0.500. The molecule has 2 bridgehead atoms. The van der Waals surface area contributed by atoms with Gasteiger partial charge in [0.05, 0.1) is 17.0 Å². The second-order valence-corrected chi connectivity index (χ2v) is 8.51. The highest BCUT2D eigenvalue weighted by atomic mass is 32.2. The second-order valence-electron chi connectivity index (χ2n) is 6.52. The van der Waals surface area contributed by atoms with Crippen LogP contribution < -0.4 is 5.73 Å². The molecule has 130 valence electrons. The van der Waals surface area contributed by atoms with E-state index in [1.807, 2.05) is 0 Å². The summed E-state index contributed by atoms with van der Waals surface area (Å²) in [7, 11) is -3.78. The molecule has 1 aromatic rings. The molecule has 3 unspecified atom stereocenters. The number of carbonyl (C=O) groups is 2. The number of hydrogen-bond acceptors (Lipinski definition) is 5. The highest BCUT2D eigenvalue weighted by Gasteiger charge is 2.42. The number of primary amides is 1. The Morgan fingerprint density at radius 2 is 1.88 bits per heavy atom. The lowest BCUT2D eigenvalue weighted by molar-refractivity contribution is -0.115. The van der Waals surface area contributed by atoms with E-state index in [1.54, 1.807) is 4.90 Å². The van der Waals surface area contributed by atoms with Gasteiger partial charge < -0.3 is 15.7 Å². The van der Waals surface area contributed by atoms with E-state index in [2.05, 4.69) is 0 Å². The first-order chi connectivity index (χ1) is 11.3. The van der Waals surface area contributed by atoms with Crippen LogP contribution in [0.1, 0.15) is 29.6 Å². The average molecular weight is 352 g/mol. The zero-order chi connectivity index (χ0) is 17.5. The summed E-state index contributed by atoms with van der Waals surface area (Å²) in [5.41, 5.74) is 5.30. The molecule has 24 heavy (non-hydrogen) atoms. The predicted octanol–water partition coefficient (Wildman–Crippen LogP) is -0.0690. The van der Waals surface area contributed by atoms with Crippen LogP contribution in [0.3, 0.4) is 0 Å². The molecule has 3 N–H and O–H groups in total. The maximum atomic E-state index is 12.7. The fourth-order valence-corrected chi connectivity index (χ4v) is 4.73. The minimum Gasteiger partial charge on any atom is -0.391 e. The van der Waals surface area contributed by atoms with E-state index in [1.165, 1.54) is 24.3 Å². The third-order valence-electron chi connectivity index (χ3n) is 4.80. The van der Waals surface area contributed by atoms with Gasteiger partial charge >= 0.3 is 0 Å². The summed E-state index contributed by atoms with van der Waals surface area (Å²) in [5, 5.41) is 10.1. The molecule has 1 saturated carbocycles. The highest BCUT2D eigenvalue weighted by molar-refractivity contribution is 7.92. The topological polar surface area (TPSA) is 118 Å². The molecule has 3 fully saturated rings. The Kier molecular flexibility index (Phi) is 4.35. The third-order valence-corrected chi connectivity index (χ3v) is 6.45. The number of piperidine rings is 2. The van der Waals surface area contributed by atoms with E-state index in [4.69, 9.17) is 5.73 Å². The molecule has 2 saturated heterocycles. The zero-order valence-electron chi connectivity index (χ0n) is 13.1. The largest absolute Gasteiger partial charge is 0.391 e. The van der Waals surface area contributed by atoms with Crippen LogP contribution >= 0.6 is 0 Å². The zero-order valence-corrected chi connectivity index (χ0v) is 13.9. The molecule has 4 rings (SSSR count). The second kappa shape index (κ2) is 6.18. The molecule has 1 aromatic carbocycles. The number of aliphatic hydroxyl groups is 1. The summed E-state index contributed by atoms with van der Waals surface area (Å²) in [5.74, 6) is -1.57. The minimum atomic E-state index is -3.78. The van der Waals surface area contributed by atoms with Gasteiger partial charge in [0, 0.05) is 12.1 Å². The lowest BCUT2D eigenvalue weighted by Crippen LogP contribution is -2.57. The van der Waals surface area contributed by atoms with E-state index >= 15 is 0 Å². The van der Waals surface area contributed by atoms with Crippen LogP contribution in [-0.4, -0.2) is 54.7 Å². The molecule has 3 aliphatic rings. The number of amides is 2. The Morgan fingerprint density at radius 3 is 2.42 bits per heavy atom. The number of rotatable bonds is 4. The van der Waals surface area contributed by atoms with Gasteiger partial charge in [0.15, 0.2) is 9.84 Å². The maximum Gasteiger partial charge on any atom is 0.254 e. The van der Waals surface area contributed by atoms with Crippen molar-refractivity contribution >= 4 is 21.7 Å². The average Bonchev–Trinajstić information content (AvgIpc) is 2.53. The van der Waals surface area contributed by atoms with Gasteiger partial charge in [0.25, 0.3) is 5.91 Å². The van der Waals surface area contributed by atoms with Crippen molar-refractivity contribution in [1.29, 1.82) is 0 Å². The van der Waals surface area contributed by atoms with Crippen LogP contribution in [0, 0.1) is 5.92 Å². The van der Waals surface area contributed by atoms with Gasteiger partial charge in [0.1, 0.15) is 5.75 Å². The molecule has 0 spiro atoms. The number of sulfone groups is 1. The Morgan fingerprint density at radius 1 is 1.21 bits per heavy atom. The highest BCUT2D eigenvalue weighted by Crippen LogP contribution is 2.36. The molecule has 1 aliphatic carbocycles. The van der Waals surface area contributed by atoms with E-state index in [0.717, 1.165) is 19.3 Å². The molecule has 7 nitrogen and oxygen atoms in total. The van der Waals surface area contributed by atoms with Crippen molar-refractivity contribution in [1.82, 2.24) is 4.90 Å². The molecular formula is C16H20N2O5S. The Bertz CT molecular complexity index is 759. The van der Waals surface area contributed by atoms with Crippen LogP contribution in [0.5, 0.6) is 0 Å². The third kappa shape index (κ3) is 3.16. The molecule has 2 aliphatic heterocycles. The van der Waals surface area contributed by atoms with Gasteiger partial charge in [-0.25, -0.2) is 8.42 Å². The first kappa shape index (κ1) is 16.9. The normalized spacial score (nSPS) is 26.4. The minimum absolute atomic E-state index is 0.0435. The number of carbonyl (C=O) groups excluding carboxylic acids is 2. The lowest BCUT2D eigenvalue weighted by Gasteiger charge is -2.48. The Hall–Kier alpha value is -1.93. The summed E-state index contributed by atoms with van der Waals surface area (Å²) < 4.78 is 23.9. The standard InChI is InChI=1S/C16H20N2O5S/c17-15(20)9-24(22,23)12-4-2-11(3-5-12)16(21)18-8-10-1-6-13(18)14(19)7-10/h2-5,10,13-14,19H,1,6-9H2,(H2,17,20). The Labute approximate surface area is 140 Å². The summed E-state index contributed by atoms with van der Waals surface area (Å²) in [6, 6.07) is 5.32.